The molecule has 1 aliphatic heterocycles. The van der Waals surface area contributed by atoms with Crippen molar-refractivity contribution in [1.82, 2.24) is 10.2 Å². The number of carbonyl (C=O) groups excluding carboxylic acids is 2. The number of carbonyl (C=O) groups is 2. The maximum Gasteiger partial charge on any atom is 0.223 e. The summed E-state index contributed by atoms with van der Waals surface area (Å²) in [6.07, 6.45) is 2.78. The van der Waals surface area contributed by atoms with Gasteiger partial charge < -0.3 is 10.2 Å². The lowest BCUT2D eigenvalue weighted by Gasteiger charge is -2.32. The second-order valence-corrected chi connectivity index (χ2v) is 8.69. The van der Waals surface area contributed by atoms with Crippen LogP contribution in [-0.2, 0) is 16.0 Å². The quantitative estimate of drug-likeness (QED) is 0.714. The molecule has 1 unspecified atom stereocenters. The van der Waals surface area contributed by atoms with Crippen molar-refractivity contribution in [3.05, 3.63) is 71.3 Å². The Morgan fingerprint density at radius 3 is 2.13 bits per heavy atom. The van der Waals surface area contributed by atoms with Crippen molar-refractivity contribution in [3.63, 3.8) is 0 Å². The van der Waals surface area contributed by atoms with E-state index in [0.717, 1.165) is 24.8 Å². The maximum atomic E-state index is 12.7. The van der Waals surface area contributed by atoms with Crippen molar-refractivity contribution in [2.75, 3.05) is 13.1 Å². The first-order chi connectivity index (χ1) is 14.4. The zero-order valence-electron chi connectivity index (χ0n) is 18.4. The van der Waals surface area contributed by atoms with Gasteiger partial charge in [0.15, 0.2) is 0 Å². The molecule has 1 N–H and O–H groups in total. The Hall–Kier alpha value is -2.62. The van der Waals surface area contributed by atoms with Crippen LogP contribution in [0.4, 0.5) is 0 Å². The van der Waals surface area contributed by atoms with Crippen molar-refractivity contribution in [2.45, 2.75) is 58.4 Å². The molecule has 2 amide bonds. The summed E-state index contributed by atoms with van der Waals surface area (Å²) >= 11 is 0. The Labute approximate surface area is 180 Å². The summed E-state index contributed by atoms with van der Waals surface area (Å²) < 4.78 is 0. The maximum absolute atomic E-state index is 12.7. The van der Waals surface area contributed by atoms with E-state index in [0.29, 0.717) is 25.4 Å². The molecular weight excluding hydrogens is 372 g/mol. The third-order valence-electron chi connectivity index (χ3n) is 6.15. The first-order valence-corrected chi connectivity index (χ1v) is 11.2. The molecule has 1 fully saturated rings. The van der Waals surface area contributed by atoms with E-state index < -0.39 is 0 Å². The standard InChI is InChI=1S/C26H34N2O2/c1-19(2)22-10-12-23(13-11-22)20(3)27-26(30)24-15-17-28(18-16-24)25(29)14-9-21-7-5-4-6-8-21/h4-8,10-13,19-20,24H,9,14-18H2,1-3H3,(H,27,30). The van der Waals surface area contributed by atoms with Gasteiger partial charge in [-0.3, -0.25) is 9.59 Å². The van der Waals surface area contributed by atoms with Gasteiger partial charge in [-0.2, -0.15) is 0 Å². The highest BCUT2D eigenvalue weighted by Gasteiger charge is 2.27. The molecule has 0 spiro atoms. The number of nitrogens with one attached hydrogen (secondary N) is 1. The van der Waals surface area contributed by atoms with Crippen LogP contribution < -0.4 is 5.32 Å². The topological polar surface area (TPSA) is 49.4 Å². The van der Waals surface area contributed by atoms with Gasteiger partial charge >= 0.3 is 0 Å². The van der Waals surface area contributed by atoms with Gasteiger partial charge in [0.2, 0.25) is 11.8 Å². The molecule has 0 aromatic heterocycles. The highest BCUT2D eigenvalue weighted by atomic mass is 16.2. The van der Waals surface area contributed by atoms with Gasteiger partial charge in [0.25, 0.3) is 0 Å². The molecule has 1 aliphatic rings. The zero-order chi connectivity index (χ0) is 21.5. The van der Waals surface area contributed by atoms with Crippen molar-refractivity contribution >= 4 is 11.8 Å². The van der Waals surface area contributed by atoms with E-state index in [9.17, 15) is 9.59 Å². The van der Waals surface area contributed by atoms with E-state index >= 15 is 0 Å². The van der Waals surface area contributed by atoms with Gasteiger partial charge in [-0.15, -0.1) is 0 Å². The average molecular weight is 407 g/mol. The number of aryl methyl sites for hydroxylation is 1. The van der Waals surface area contributed by atoms with Crippen molar-refractivity contribution in [2.24, 2.45) is 5.92 Å². The van der Waals surface area contributed by atoms with Gasteiger partial charge in [0, 0.05) is 25.4 Å². The largest absolute Gasteiger partial charge is 0.349 e. The first-order valence-electron chi connectivity index (χ1n) is 11.2. The Morgan fingerprint density at radius 2 is 1.53 bits per heavy atom. The molecule has 2 aromatic rings. The van der Waals surface area contributed by atoms with Gasteiger partial charge in [0.1, 0.15) is 0 Å². The number of benzene rings is 2. The molecule has 0 aliphatic carbocycles. The van der Waals surface area contributed by atoms with E-state index in [4.69, 9.17) is 0 Å². The number of nitrogens with zero attached hydrogens (tertiary/aromatic N) is 1. The number of hydrogen-bond donors (Lipinski definition) is 1. The molecule has 2 aromatic carbocycles. The molecule has 1 atom stereocenters. The number of likely N-dealkylation sites (tertiary alicyclic amines) is 1. The van der Waals surface area contributed by atoms with Crippen LogP contribution >= 0.6 is 0 Å². The zero-order valence-corrected chi connectivity index (χ0v) is 18.4. The molecule has 1 heterocycles. The fourth-order valence-corrected chi connectivity index (χ4v) is 4.03. The predicted octanol–water partition coefficient (Wildman–Crippen LogP) is 4.86. The van der Waals surface area contributed by atoms with Crippen LogP contribution in [0.2, 0.25) is 0 Å². The van der Waals surface area contributed by atoms with Crippen molar-refractivity contribution in [1.29, 1.82) is 0 Å². The fraction of sp³-hybridized carbons (Fsp3) is 0.462. The number of piperidine rings is 1. The van der Waals surface area contributed by atoms with E-state index in [1.165, 1.54) is 11.1 Å². The normalized spacial score (nSPS) is 15.8. The summed E-state index contributed by atoms with van der Waals surface area (Å²) in [5.41, 5.74) is 3.62. The van der Waals surface area contributed by atoms with Gasteiger partial charge in [-0.05, 0) is 48.8 Å². The van der Waals surface area contributed by atoms with E-state index in [-0.39, 0.29) is 23.8 Å². The fourth-order valence-electron chi connectivity index (χ4n) is 4.03. The molecule has 4 nitrogen and oxygen atoms in total. The molecule has 0 bridgehead atoms. The number of rotatable bonds is 7. The highest BCUT2D eigenvalue weighted by molar-refractivity contribution is 5.80. The van der Waals surface area contributed by atoms with E-state index in [2.05, 4.69) is 55.6 Å². The minimum absolute atomic E-state index is 0.00996. The van der Waals surface area contributed by atoms with Gasteiger partial charge in [0.05, 0.1) is 6.04 Å². The molecule has 160 valence electrons. The lowest BCUT2D eigenvalue weighted by atomic mass is 9.94. The molecule has 0 radical (unpaired) electrons. The summed E-state index contributed by atoms with van der Waals surface area (Å²) in [6.45, 7) is 7.73. The summed E-state index contributed by atoms with van der Waals surface area (Å²) in [5.74, 6) is 0.785. The molecule has 3 rings (SSSR count). The predicted molar refractivity (Wildman–Crippen MR) is 121 cm³/mol. The Kier molecular flexibility index (Phi) is 7.67. The highest BCUT2D eigenvalue weighted by Crippen LogP contribution is 2.22. The third kappa shape index (κ3) is 5.94. The Balaban J connectivity index is 1.43. The van der Waals surface area contributed by atoms with Gasteiger partial charge in [-0.25, -0.2) is 0 Å². The van der Waals surface area contributed by atoms with Crippen LogP contribution in [0.25, 0.3) is 0 Å². The second-order valence-electron chi connectivity index (χ2n) is 8.69. The minimum Gasteiger partial charge on any atom is -0.349 e. The monoisotopic (exact) mass is 406 g/mol. The summed E-state index contributed by atoms with van der Waals surface area (Å²) in [5, 5.41) is 3.16. The summed E-state index contributed by atoms with van der Waals surface area (Å²) in [4.78, 5) is 27.2. The molecule has 4 heteroatoms. The molecule has 30 heavy (non-hydrogen) atoms. The van der Waals surface area contributed by atoms with Crippen LogP contribution in [-0.4, -0.2) is 29.8 Å². The van der Waals surface area contributed by atoms with Crippen LogP contribution in [0.3, 0.4) is 0 Å². The lowest BCUT2D eigenvalue weighted by Crippen LogP contribution is -2.43. The second kappa shape index (κ2) is 10.4. The Bertz CT molecular complexity index is 822. The summed E-state index contributed by atoms with van der Waals surface area (Å²) in [6, 6.07) is 18.6. The van der Waals surface area contributed by atoms with Crippen LogP contribution in [0.1, 0.15) is 68.7 Å². The SMILES string of the molecule is CC(C)c1ccc(C(C)NC(=O)C2CCN(C(=O)CCc3ccccc3)CC2)cc1. The van der Waals surface area contributed by atoms with E-state index in [1.54, 1.807) is 0 Å². The van der Waals surface area contributed by atoms with Crippen molar-refractivity contribution in [3.8, 4) is 0 Å². The Morgan fingerprint density at radius 1 is 0.933 bits per heavy atom. The number of hydrogen-bond acceptors (Lipinski definition) is 2. The van der Waals surface area contributed by atoms with E-state index in [1.807, 2.05) is 30.0 Å². The van der Waals surface area contributed by atoms with Crippen LogP contribution in [0.15, 0.2) is 54.6 Å². The average Bonchev–Trinajstić information content (AvgIpc) is 2.78. The molecule has 1 saturated heterocycles. The van der Waals surface area contributed by atoms with Crippen LogP contribution in [0, 0.1) is 5.92 Å². The first kappa shape index (κ1) is 22.1. The third-order valence-corrected chi connectivity index (χ3v) is 6.15. The molecule has 0 saturated carbocycles. The van der Waals surface area contributed by atoms with Gasteiger partial charge in [-0.1, -0.05) is 68.4 Å². The van der Waals surface area contributed by atoms with Crippen LogP contribution in [0.5, 0.6) is 0 Å². The summed E-state index contributed by atoms with van der Waals surface area (Å²) in [7, 11) is 0. The smallest absolute Gasteiger partial charge is 0.223 e. The lowest BCUT2D eigenvalue weighted by molar-refractivity contribution is -0.135. The van der Waals surface area contributed by atoms with Crippen molar-refractivity contribution < 1.29 is 9.59 Å². The minimum atomic E-state index is -0.0134. The number of amides is 2. The molecular formula is C26H34N2O2.